The summed E-state index contributed by atoms with van der Waals surface area (Å²) in [7, 11) is 0. The van der Waals surface area contributed by atoms with E-state index in [2.05, 4.69) is 15.3 Å². The van der Waals surface area contributed by atoms with Crippen molar-refractivity contribution in [2.75, 3.05) is 13.2 Å². The van der Waals surface area contributed by atoms with Crippen LogP contribution in [0.15, 0.2) is 30.7 Å². The van der Waals surface area contributed by atoms with Gasteiger partial charge in [-0.3, -0.25) is 4.79 Å². The minimum atomic E-state index is -0.157. The molecule has 2 heterocycles. The highest BCUT2D eigenvalue weighted by Crippen LogP contribution is 2.30. The lowest BCUT2D eigenvalue weighted by molar-refractivity contribution is 0.0950. The summed E-state index contributed by atoms with van der Waals surface area (Å²) >= 11 is 0. The first-order valence-electron chi connectivity index (χ1n) is 6.48. The average Bonchev–Trinajstić information content (AvgIpc) is 2.88. The first-order chi connectivity index (χ1) is 9.83. The Hall–Kier alpha value is -2.50. The Balaban J connectivity index is 1.70. The second-order valence-electron chi connectivity index (χ2n) is 4.47. The molecule has 0 saturated heterocycles. The second kappa shape index (κ2) is 5.64. The lowest BCUT2D eigenvalue weighted by Gasteiger charge is -2.09. The maximum Gasteiger partial charge on any atom is 0.251 e. The summed E-state index contributed by atoms with van der Waals surface area (Å²) in [6.07, 6.45) is 4.10. The summed E-state index contributed by atoms with van der Waals surface area (Å²) in [5.74, 6) is 1.15. The Labute approximate surface area is 116 Å². The minimum Gasteiger partial charge on any atom is -0.490 e. The monoisotopic (exact) mass is 273 g/mol. The van der Waals surface area contributed by atoms with E-state index >= 15 is 0 Å². The molecule has 1 aromatic carbocycles. The van der Waals surface area contributed by atoms with Crippen molar-refractivity contribution in [1.29, 1.82) is 0 Å². The Kier molecular flexibility index (Phi) is 3.54. The highest BCUT2D eigenvalue weighted by Gasteiger charge is 2.14. The Morgan fingerprint density at radius 1 is 1.30 bits per heavy atom. The number of benzene rings is 1. The van der Waals surface area contributed by atoms with Crippen molar-refractivity contribution in [1.82, 2.24) is 15.3 Å². The van der Waals surface area contributed by atoms with E-state index in [0.717, 1.165) is 12.1 Å². The van der Waals surface area contributed by atoms with Gasteiger partial charge in [-0.05, 0) is 18.2 Å². The second-order valence-corrected chi connectivity index (χ2v) is 4.47. The fraction of sp³-hybridized carbons (Fsp3) is 0.286. The van der Waals surface area contributed by atoms with Crippen molar-refractivity contribution in [3.63, 3.8) is 0 Å². The van der Waals surface area contributed by atoms with Crippen LogP contribution in [0.2, 0.25) is 0 Å². The van der Waals surface area contributed by atoms with Gasteiger partial charge >= 0.3 is 0 Å². The van der Waals surface area contributed by atoms with Gasteiger partial charge in [-0.2, -0.15) is 0 Å². The zero-order valence-electron chi connectivity index (χ0n) is 10.9. The van der Waals surface area contributed by atoms with E-state index in [-0.39, 0.29) is 5.91 Å². The molecule has 0 atom stereocenters. The third-order valence-electron chi connectivity index (χ3n) is 3.00. The molecule has 0 saturated carbocycles. The van der Waals surface area contributed by atoms with Crippen LogP contribution in [0.5, 0.6) is 11.5 Å². The fourth-order valence-electron chi connectivity index (χ4n) is 1.96. The molecule has 0 unspecified atom stereocenters. The van der Waals surface area contributed by atoms with Crippen LogP contribution in [0.25, 0.3) is 0 Å². The topological polar surface area (TPSA) is 76.2 Å². The molecule has 1 aliphatic heterocycles. The molecule has 104 valence electrons. The Bertz CT molecular complexity index is 596. The van der Waals surface area contributed by atoms with Crippen molar-refractivity contribution in [3.8, 4) is 11.5 Å². The van der Waals surface area contributed by atoms with Crippen LogP contribution in [0.1, 0.15) is 22.5 Å². The van der Waals surface area contributed by atoms with Crippen LogP contribution in [-0.2, 0) is 6.54 Å². The highest BCUT2D eigenvalue weighted by molar-refractivity contribution is 5.94. The van der Waals surface area contributed by atoms with E-state index in [9.17, 15) is 4.79 Å². The minimum absolute atomic E-state index is 0.157. The number of imidazole rings is 1. The van der Waals surface area contributed by atoms with Gasteiger partial charge in [0.2, 0.25) is 0 Å². The number of H-pyrrole nitrogens is 1. The lowest BCUT2D eigenvalue weighted by atomic mass is 10.2. The highest BCUT2D eigenvalue weighted by atomic mass is 16.5. The molecule has 6 heteroatoms. The summed E-state index contributed by atoms with van der Waals surface area (Å²) in [6.45, 7) is 1.65. The third-order valence-corrected chi connectivity index (χ3v) is 3.00. The predicted molar refractivity (Wildman–Crippen MR) is 71.8 cm³/mol. The zero-order valence-corrected chi connectivity index (χ0v) is 10.9. The largest absolute Gasteiger partial charge is 0.490 e. The smallest absolute Gasteiger partial charge is 0.251 e. The van der Waals surface area contributed by atoms with E-state index < -0.39 is 0 Å². The standard InChI is InChI=1S/C14H15N3O3/c18-14(16-8-11-7-15-9-17-11)10-2-3-12-13(6-10)20-5-1-4-19-12/h2-3,6-7,9H,1,4-5,8H2,(H,15,17)(H,16,18). The van der Waals surface area contributed by atoms with E-state index in [1.807, 2.05) is 0 Å². The number of rotatable bonds is 3. The van der Waals surface area contributed by atoms with Crippen molar-refractivity contribution < 1.29 is 14.3 Å². The van der Waals surface area contributed by atoms with E-state index in [1.54, 1.807) is 30.7 Å². The molecule has 1 aliphatic rings. The summed E-state index contributed by atoms with van der Waals surface area (Å²) in [5.41, 5.74) is 1.40. The number of ether oxygens (including phenoxy) is 2. The molecular weight excluding hydrogens is 258 g/mol. The van der Waals surface area contributed by atoms with Gasteiger partial charge in [0.25, 0.3) is 5.91 Å². The van der Waals surface area contributed by atoms with Gasteiger partial charge in [0.1, 0.15) is 0 Å². The molecule has 20 heavy (non-hydrogen) atoms. The van der Waals surface area contributed by atoms with Crippen molar-refractivity contribution in [2.45, 2.75) is 13.0 Å². The third kappa shape index (κ3) is 2.74. The van der Waals surface area contributed by atoms with Crippen molar-refractivity contribution in [3.05, 3.63) is 42.0 Å². The average molecular weight is 273 g/mol. The molecule has 2 N–H and O–H groups in total. The quantitative estimate of drug-likeness (QED) is 0.888. The number of fused-ring (bicyclic) bond motifs is 1. The molecule has 0 radical (unpaired) electrons. The van der Waals surface area contributed by atoms with E-state index in [0.29, 0.717) is 36.8 Å². The number of carbonyl (C=O) groups is 1. The molecule has 0 fully saturated rings. The van der Waals surface area contributed by atoms with Crippen LogP contribution in [0.3, 0.4) is 0 Å². The van der Waals surface area contributed by atoms with E-state index in [1.165, 1.54) is 0 Å². The van der Waals surface area contributed by atoms with Gasteiger partial charge in [-0.1, -0.05) is 0 Å². The van der Waals surface area contributed by atoms with Crippen LogP contribution >= 0.6 is 0 Å². The first kappa shape index (κ1) is 12.5. The van der Waals surface area contributed by atoms with Gasteiger partial charge < -0.3 is 19.8 Å². The van der Waals surface area contributed by atoms with Crippen molar-refractivity contribution in [2.24, 2.45) is 0 Å². The molecule has 0 aliphatic carbocycles. The molecule has 0 spiro atoms. The number of hydrogen-bond donors (Lipinski definition) is 2. The number of carbonyl (C=O) groups excluding carboxylic acids is 1. The summed E-state index contributed by atoms with van der Waals surface area (Å²) in [4.78, 5) is 18.9. The maximum absolute atomic E-state index is 12.1. The fourth-order valence-corrected chi connectivity index (χ4v) is 1.96. The van der Waals surface area contributed by atoms with Crippen LogP contribution < -0.4 is 14.8 Å². The Morgan fingerprint density at radius 3 is 2.95 bits per heavy atom. The molecule has 1 amide bonds. The first-order valence-corrected chi connectivity index (χ1v) is 6.48. The van der Waals surface area contributed by atoms with E-state index in [4.69, 9.17) is 9.47 Å². The van der Waals surface area contributed by atoms with Gasteiger partial charge in [-0.25, -0.2) is 4.98 Å². The Morgan fingerprint density at radius 2 is 2.15 bits per heavy atom. The molecule has 2 aromatic rings. The molecule has 6 nitrogen and oxygen atoms in total. The van der Waals surface area contributed by atoms with Gasteiger partial charge in [0.15, 0.2) is 11.5 Å². The van der Waals surface area contributed by atoms with Crippen molar-refractivity contribution >= 4 is 5.91 Å². The maximum atomic E-state index is 12.1. The normalized spacial score (nSPS) is 13.6. The summed E-state index contributed by atoms with van der Waals surface area (Å²) < 4.78 is 11.1. The number of nitrogens with one attached hydrogen (secondary N) is 2. The molecule has 3 rings (SSSR count). The predicted octanol–water partition coefficient (Wildman–Crippen LogP) is 1.50. The van der Waals surface area contributed by atoms with Gasteiger partial charge in [0.05, 0.1) is 31.8 Å². The summed E-state index contributed by atoms with van der Waals surface area (Å²) in [5, 5.41) is 2.82. The molecular formula is C14H15N3O3. The number of amides is 1. The van der Waals surface area contributed by atoms with Crippen LogP contribution in [0.4, 0.5) is 0 Å². The zero-order chi connectivity index (χ0) is 13.8. The molecule has 1 aromatic heterocycles. The van der Waals surface area contributed by atoms with Crippen LogP contribution in [0, 0.1) is 0 Å². The van der Waals surface area contributed by atoms with Gasteiger partial charge in [-0.15, -0.1) is 0 Å². The SMILES string of the molecule is O=C(NCc1cnc[nH]1)c1ccc2c(c1)OCCCO2. The number of aromatic nitrogens is 2. The number of nitrogens with zero attached hydrogens (tertiary/aromatic N) is 1. The summed E-state index contributed by atoms with van der Waals surface area (Å²) in [6, 6.07) is 5.21. The number of hydrogen-bond acceptors (Lipinski definition) is 4. The van der Waals surface area contributed by atoms with Crippen LogP contribution in [-0.4, -0.2) is 29.1 Å². The lowest BCUT2D eigenvalue weighted by Crippen LogP contribution is -2.22. The molecule has 0 bridgehead atoms. The number of aromatic amines is 1. The van der Waals surface area contributed by atoms with Gasteiger partial charge in [0, 0.05) is 18.2 Å².